The SMILES string of the molecule is Cc1ccc2c(c1)OC(C)(C)C[C@H]2NC(=O)/C=C/c1ccc(Cl)cc1Cl. The van der Waals surface area contributed by atoms with Crippen LogP contribution in [-0.4, -0.2) is 11.5 Å². The van der Waals surface area contributed by atoms with E-state index in [4.69, 9.17) is 27.9 Å². The van der Waals surface area contributed by atoms with E-state index in [2.05, 4.69) is 5.32 Å². The van der Waals surface area contributed by atoms with Crippen molar-refractivity contribution in [1.82, 2.24) is 5.32 Å². The molecular weight excluding hydrogens is 369 g/mol. The highest BCUT2D eigenvalue weighted by molar-refractivity contribution is 6.35. The Labute approximate surface area is 164 Å². The molecule has 0 spiro atoms. The molecule has 136 valence electrons. The van der Waals surface area contributed by atoms with Gasteiger partial charge in [-0.3, -0.25) is 4.79 Å². The molecule has 26 heavy (non-hydrogen) atoms. The lowest BCUT2D eigenvalue weighted by Gasteiger charge is -2.38. The number of hydrogen-bond donors (Lipinski definition) is 1. The zero-order valence-electron chi connectivity index (χ0n) is 15.0. The number of aryl methyl sites for hydroxylation is 1. The zero-order chi connectivity index (χ0) is 18.9. The molecule has 1 amide bonds. The maximum Gasteiger partial charge on any atom is 0.244 e. The van der Waals surface area contributed by atoms with Crippen LogP contribution in [0.3, 0.4) is 0 Å². The van der Waals surface area contributed by atoms with Crippen molar-refractivity contribution in [2.45, 2.75) is 38.8 Å². The standard InChI is InChI=1S/C21H21Cl2NO2/c1-13-4-8-16-18(12-21(2,3)26-19(16)10-13)24-20(25)9-6-14-5-7-15(22)11-17(14)23/h4-11,18H,12H2,1-3H3,(H,24,25)/b9-6+/t18-/m1/s1. The normalized spacial score (nSPS) is 18.3. The van der Waals surface area contributed by atoms with Crippen molar-refractivity contribution in [2.24, 2.45) is 0 Å². The summed E-state index contributed by atoms with van der Waals surface area (Å²) < 4.78 is 6.07. The Bertz CT molecular complexity index is 874. The van der Waals surface area contributed by atoms with E-state index in [1.165, 1.54) is 6.08 Å². The van der Waals surface area contributed by atoms with E-state index in [-0.39, 0.29) is 17.6 Å². The molecule has 0 saturated carbocycles. The summed E-state index contributed by atoms with van der Waals surface area (Å²) in [7, 11) is 0. The van der Waals surface area contributed by atoms with Crippen molar-refractivity contribution >= 4 is 35.2 Å². The Morgan fingerprint density at radius 1 is 1.23 bits per heavy atom. The summed E-state index contributed by atoms with van der Waals surface area (Å²) in [4.78, 5) is 12.4. The smallest absolute Gasteiger partial charge is 0.244 e. The fraction of sp³-hybridized carbons (Fsp3) is 0.286. The monoisotopic (exact) mass is 389 g/mol. The summed E-state index contributed by atoms with van der Waals surface area (Å²) in [5.74, 6) is 0.654. The molecule has 1 atom stereocenters. The molecule has 1 aliphatic rings. The Hall–Kier alpha value is -1.97. The number of fused-ring (bicyclic) bond motifs is 1. The van der Waals surface area contributed by atoms with Crippen LogP contribution in [-0.2, 0) is 4.79 Å². The molecule has 0 radical (unpaired) electrons. The predicted octanol–water partition coefficient (Wildman–Crippen LogP) is 5.73. The van der Waals surface area contributed by atoms with Crippen LogP contribution in [0.15, 0.2) is 42.5 Å². The van der Waals surface area contributed by atoms with Crippen LogP contribution in [0.25, 0.3) is 6.08 Å². The van der Waals surface area contributed by atoms with E-state index in [1.54, 1.807) is 24.3 Å². The average Bonchev–Trinajstić information content (AvgIpc) is 2.52. The van der Waals surface area contributed by atoms with Crippen LogP contribution >= 0.6 is 23.2 Å². The number of hydrogen-bond acceptors (Lipinski definition) is 2. The first-order chi connectivity index (χ1) is 12.2. The number of amides is 1. The molecule has 0 bridgehead atoms. The van der Waals surface area contributed by atoms with Gasteiger partial charge in [0, 0.05) is 28.1 Å². The third kappa shape index (κ3) is 4.40. The molecule has 0 saturated heterocycles. The highest BCUT2D eigenvalue weighted by Gasteiger charge is 2.34. The van der Waals surface area contributed by atoms with E-state index in [1.807, 2.05) is 39.0 Å². The highest BCUT2D eigenvalue weighted by Crippen LogP contribution is 2.39. The molecule has 1 aliphatic heterocycles. The molecule has 0 aliphatic carbocycles. The van der Waals surface area contributed by atoms with Crippen molar-refractivity contribution in [1.29, 1.82) is 0 Å². The molecule has 3 nitrogen and oxygen atoms in total. The molecule has 2 aromatic rings. The van der Waals surface area contributed by atoms with Gasteiger partial charge in [0.05, 0.1) is 6.04 Å². The van der Waals surface area contributed by atoms with Crippen molar-refractivity contribution in [3.63, 3.8) is 0 Å². The summed E-state index contributed by atoms with van der Waals surface area (Å²) in [6.45, 7) is 6.08. The van der Waals surface area contributed by atoms with Crippen molar-refractivity contribution in [3.05, 3.63) is 69.2 Å². The first-order valence-corrected chi connectivity index (χ1v) is 9.22. The van der Waals surface area contributed by atoms with Gasteiger partial charge < -0.3 is 10.1 Å². The molecule has 0 fully saturated rings. The Morgan fingerprint density at radius 2 is 2.00 bits per heavy atom. The van der Waals surface area contributed by atoms with Crippen LogP contribution in [0.2, 0.25) is 10.0 Å². The number of rotatable bonds is 3. The van der Waals surface area contributed by atoms with E-state index >= 15 is 0 Å². The maximum atomic E-state index is 12.4. The lowest BCUT2D eigenvalue weighted by Crippen LogP contribution is -2.40. The molecule has 0 unspecified atom stereocenters. The fourth-order valence-electron chi connectivity index (χ4n) is 3.11. The maximum absolute atomic E-state index is 12.4. The zero-order valence-corrected chi connectivity index (χ0v) is 16.5. The Morgan fingerprint density at radius 3 is 2.73 bits per heavy atom. The van der Waals surface area contributed by atoms with E-state index in [0.717, 1.165) is 22.4 Å². The molecule has 1 N–H and O–H groups in total. The van der Waals surface area contributed by atoms with Crippen LogP contribution < -0.4 is 10.1 Å². The van der Waals surface area contributed by atoms with Gasteiger partial charge in [0.2, 0.25) is 5.91 Å². The summed E-state index contributed by atoms with van der Waals surface area (Å²) in [5, 5.41) is 4.15. The largest absolute Gasteiger partial charge is 0.487 e. The molecule has 0 aromatic heterocycles. The summed E-state index contributed by atoms with van der Waals surface area (Å²) in [6, 6.07) is 11.1. The summed E-state index contributed by atoms with van der Waals surface area (Å²) >= 11 is 12.0. The molecule has 5 heteroatoms. The minimum atomic E-state index is -0.345. The second kappa shape index (κ2) is 7.34. The van der Waals surface area contributed by atoms with Gasteiger partial charge in [-0.1, -0.05) is 41.4 Å². The molecule has 2 aromatic carbocycles. The number of halogens is 2. The van der Waals surface area contributed by atoms with Crippen LogP contribution in [0.4, 0.5) is 0 Å². The fourth-order valence-corrected chi connectivity index (χ4v) is 3.58. The second-order valence-corrected chi connectivity index (χ2v) is 8.01. The van der Waals surface area contributed by atoms with Gasteiger partial charge >= 0.3 is 0 Å². The third-order valence-corrected chi connectivity index (χ3v) is 4.88. The van der Waals surface area contributed by atoms with Gasteiger partial charge in [-0.15, -0.1) is 0 Å². The first-order valence-electron chi connectivity index (χ1n) is 8.47. The number of ether oxygens (including phenoxy) is 1. The summed E-state index contributed by atoms with van der Waals surface area (Å²) in [5.41, 5.74) is 2.53. The lowest BCUT2D eigenvalue weighted by molar-refractivity contribution is -0.117. The van der Waals surface area contributed by atoms with Gasteiger partial charge in [0.25, 0.3) is 0 Å². The first kappa shape index (κ1) is 18.8. The van der Waals surface area contributed by atoms with Gasteiger partial charge in [0.15, 0.2) is 0 Å². The van der Waals surface area contributed by atoms with Gasteiger partial charge in [0.1, 0.15) is 11.4 Å². The van der Waals surface area contributed by atoms with Crippen molar-refractivity contribution in [2.75, 3.05) is 0 Å². The Kier molecular flexibility index (Phi) is 5.31. The number of nitrogens with one attached hydrogen (secondary N) is 1. The number of benzene rings is 2. The second-order valence-electron chi connectivity index (χ2n) is 7.17. The van der Waals surface area contributed by atoms with Crippen molar-refractivity contribution < 1.29 is 9.53 Å². The van der Waals surface area contributed by atoms with Crippen molar-refractivity contribution in [3.8, 4) is 5.75 Å². The highest BCUT2D eigenvalue weighted by atomic mass is 35.5. The molecule has 1 heterocycles. The van der Waals surface area contributed by atoms with E-state index in [0.29, 0.717) is 16.5 Å². The van der Waals surface area contributed by atoms with Crippen LogP contribution in [0.1, 0.15) is 43.0 Å². The molecular formula is C21H21Cl2NO2. The minimum Gasteiger partial charge on any atom is -0.487 e. The lowest BCUT2D eigenvalue weighted by atomic mass is 9.89. The van der Waals surface area contributed by atoms with E-state index < -0.39 is 0 Å². The van der Waals surface area contributed by atoms with E-state index in [9.17, 15) is 4.79 Å². The van der Waals surface area contributed by atoms with Gasteiger partial charge in [-0.2, -0.15) is 0 Å². The predicted molar refractivity (Wildman–Crippen MR) is 107 cm³/mol. The minimum absolute atomic E-state index is 0.104. The number of carbonyl (C=O) groups excluding carboxylic acids is 1. The topological polar surface area (TPSA) is 38.3 Å². The third-order valence-electron chi connectivity index (χ3n) is 4.32. The number of carbonyl (C=O) groups is 1. The Balaban J connectivity index is 1.77. The van der Waals surface area contributed by atoms with Crippen LogP contribution in [0.5, 0.6) is 5.75 Å². The quantitative estimate of drug-likeness (QED) is 0.680. The van der Waals surface area contributed by atoms with Gasteiger partial charge in [-0.05, 0) is 56.2 Å². The van der Waals surface area contributed by atoms with Crippen LogP contribution in [0, 0.1) is 6.92 Å². The van der Waals surface area contributed by atoms with Gasteiger partial charge in [-0.25, -0.2) is 0 Å². The summed E-state index contributed by atoms with van der Waals surface area (Å²) in [6.07, 6.45) is 3.88. The molecule has 3 rings (SSSR count). The average molecular weight is 390 g/mol.